The number of hydrogen-bond donors (Lipinski definition) is 2. The van der Waals surface area contributed by atoms with Gasteiger partial charge in [-0.1, -0.05) is 65.5 Å². The highest BCUT2D eigenvalue weighted by Crippen LogP contribution is 2.56. The molecule has 2 saturated carbocycles. The average molecular weight is 685 g/mol. The van der Waals surface area contributed by atoms with E-state index in [2.05, 4.69) is 74.7 Å². The zero-order valence-corrected chi connectivity index (χ0v) is 30.9. The maximum absolute atomic E-state index is 13.6. The number of carbonyl (C=O) groups is 1. The molecule has 0 radical (unpaired) electrons. The van der Waals surface area contributed by atoms with Crippen LogP contribution in [0.3, 0.4) is 0 Å². The lowest BCUT2D eigenvalue weighted by atomic mass is 9.53. The van der Waals surface area contributed by atoms with Crippen LogP contribution in [-0.4, -0.2) is 43.9 Å². The summed E-state index contributed by atoms with van der Waals surface area (Å²) in [6.07, 6.45) is 14.3. The highest BCUT2D eigenvalue weighted by molar-refractivity contribution is 5.60. The zero-order valence-electron chi connectivity index (χ0n) is 30.9. The molecule has 4 bridgehead atoms. The summed E-state index contributed by atoms with van der Waals surface area (Å²) in [5.41, 5.74) is 6.30. The molecule has 2 aromatic rings. The van der Waals surface area contributed by atoms with E-state index < -0.39 is 18.7 Å². The van der Waals surface area contributed by atoms with Crippen molar-refractivity contribution in [1.82, 2.24) is 10.6 Å². The Morgan fingerprint density at radius 2 is 1.16 bits per heavy atom. The van der Waals surface area contributed by atoms with Crippen molar-refractivity contribution in [2.45, 2.75) is 153 Å². The molecule has 4 aliphatic carbocycles. The number of piperidine rings is 2. The van der Waals surface area contributed by atoms with E-state index in [-0.39, 0.29) is 22.7 Å². The maximum atomic E-state index is 13.6. The van der Waals surface area contributed by atoms with Gasteiger partial charge in [-0.15, -0.1) is 0 Å². The Balaban J connectivity index is 0.986. The minimum Gasteiger partial charge on any atom is -0.454 e. The van der Waals surface area contributed by atoms with Gasteiger partial charge in [0.1, 0.15) is 11.5 Å². The number of ether oxygens (including phenoxy) is 4. The molecule has 50 heavy (non-hydrogen) atoms. The summed E-state index contributed by atoms with van der Waals surface area (Å²) >= 11 is 0. The second-order valence-electron chi connectivity index (χ2n) is 16.9. The lowest BCUT2D eigenvalue weighted by molar-refractivity contribution is -0.137. The predicted molar refractivity (Wildman–Crippen MR) is 196 cm³/mol. The van der Waals surface area contributed by atoms with Crippen molar-refractivity contribution in [3.63, 3.8) is 0 Å². The molecule has 7 heteroatoms. The van der Waals surface area contributed by atoms with Crippen LogP contribution < -0.4 is 20.1 Å². The second-order valence-corrected chi connectivity index (χ2v) is 16.9. The maximum Gasteiger partial charge on any atom is 0.514 e. The van der Waals surface area contributed by atoms with E-state index >= 15 is 0 Å². The number of nitrogens with one attached hydrogen (secondary N) is 2. The Morgan fingerprint density at radius 3 is 1.60 bits per heavy atom. The molecule has 272 valence electrons. The highest BCUT2D eigenvalue weighted by atomic mass is 16.8. The molecule has 7 nitrogen and oxygen atoms in total. The van der Waals surface area contributed by atoms with Gasteiger partial charge in [0.25, 0.3) is 0 Å². The van der Waals surface area contributed by atoms with Gasteiger partial charge in [0.05, 0.1) is 0 Å². The summed E-state index contributed by atoms with van der Waals surface area (Å²) < 4.78 is 25.2. The van der Waals surface area contributed by atoms with Crippen molar-refractivity contribution in [2.24, 2.45) is 23.7 Å². The van der Waals surface area contributed by atoms with Crippen LogP contribution in [0.2, 0.25) is 0 Å². The van der Waals surface area contributed by atoms with E-state index in [1.165, 1.54) is 86.5 Å². The van der Waals surface area contributed by atoms with Crippen molar-refractivity contribution in [2.75, 3.05) is 13.1 Å². The first kappa shape index (κ1) is 34.3. The molecule has 8 rings (SSSR count). The summed E-state index contributed by atoms with van der Waals surface area (Å²) in [6, 6.07) is 14.4. The van der Waals surface area contributed by atoms with E-state index in [0.29, 0.717) is 23.9 Å². The fraction of sp³-hybridized carbons (Fsp3) is 0.698. The molecular weight excluding hydrogens is 624 g/mol. The van der Waals surface area contributed by atoms with Gasteiger partial charge < -0.3 is 29.6 Å². The lowest BCUT2D eigenvalue weighted by Crippen LogP contribution is -2.59. The molecule has 0 spiro atoms. The van der Waals surface area contributed by atoms with Gasteiger partial charge in [-0.2, -0.15) is 0 Å². The second kappa shape index (κ2) is 14.0. The Labute approximate surface area is 299 Å². The molecule has 0 amide bonds. The van der Waals surface area contributed by atoms with E-state index in [9.17, 15) is 4.79 Å². The van der Waals surface area contributed by atoms with Gasteiger partial charge in [-0.25, -0.2) is 4.79 Å². The van der Waals surface area contributed by atoms with Gasteiger partial charge in [0.15, 0.2) is 0 Å². The Kier molecular flexibility index (Phi) is 9.60. The quantitative estimate of drug-likeness (QED) is 0.192. The van der Waals surface area contributed by atoms with Crippen molar-refractivity contribution < 1.29 is 23.7 Å². The smallest absolute Gasteiger partial charge is 0.454 e. The van der Waals surface area contributed by atoms with Gasteiger partial charge in [-0.3, -0.25) is 0 Å². The Morgan fingerprint density at radius 1 is 0.700 bits per heavy atom. The van der Waals surface area contributed by atoms with Crippen LogP contribution in [0.5, 0.6) is 11.5 Å². The molecule has 2 aliphatic heterocycles. The first-order chi connectivity index (χ1) is 24.3. The van der Waals surface area contributed by atoms with Crippen LogP contribution in [0.4, 0.5) is 4.79 Å². The molecule has 2 aromatic carbocycles. The van der Waals surface area contributed by atoms with Crippen molar-refractivity contribution in [1.29, 1.82) is 0 Å². The van der Waals surface area contributed by atoms with Gasteiger partial charge in [0, 0.05) is 34.7 Å². The van der Waals surface area contributed by atoms with Crippen LogP contribution in [0.1, 0.15) is 127 Å². The molecule has 2 saturated heterocycles. The molecule has 10 atom stereocenters. The third-order valence-electron chi connectivity index (χ3n) is 14.4. The number of hydrogen-bond acceptors (Lipinski definition) is 7. The van der Waals surface area contributed by atoms with Crippen LogP contribution >= 0.6 is 0 Å². The number of carbonyl (C=O) groups excluding carboxylic acids is 1. The third kappa shape index (κ3) is 6.02. The number of rotatable bonds is 10. The van der Waals surface area contributed by atoms with E-state index in [1.54, 1.807) is 0 Å². The minimum atomic E-state index is -0.758. The molecule has 4 unspecified atom stereocenters. The summed E-state index contributed by atoms with van der Waals surface area (Å²) in [6.45, 7) is 10.5. The molecule has 4 fully saturated rings. The number of benzene rings is 2. The van der Waals surface area contributed by atoms with Crippen LogP contribution in [-0.2, 0) is 33.1 Å². The lowest BCUT2D eigenvalue weighted by Gasteiger charge is -2.56. The van der Waals surface area contributed by atoms with Crippen molar-refractivity contribution in [3.05, 3.63) is 58.7 Å². The van der Waals surface area contributed by atoms with Crippen LogP contribution in [0, 0.1) is 23.7 Å². The van der Waals surface area contributed by atoms with Gasteiger partial charge >= 0.3 is 6.16 Å². The summed E-state index contributed by atoms with van der Waals surface area (Å²) in [5.74, 6) is 2.92. The first-order valence-electron chi connectivity index (χ1n) is 20.3. The third-order valence-corrected chi connectivity index (χ3v) is 14.4. The van der Waals surface area contributed by atoms with Gasteiger partial charge in [0.2, 0.25) is 12.6 Å². The molecular formula is C43H60N2O5. The largest absolute Gasteiger partial charge is 0.514 e. The van der Waals surface area contributed by atoms with Crippen molar-refractivity contribution in [3.8, 4) is 11.5 Å². The summed E-state index contributed by atoms with van der Waals surface area (Å²) in [4.78, 5) is 13.6. The number of fused-ring (bicyclic) bond motifs is 2. The SMILES string of the molecule is CCC(C)C(OC(=O)OC(Oc1ccc2c(c1)[C@@]13CCCC[C@H]1[C@@H](C2)NCC3)C(C)CC)Oc1ccc2c(c1)[C@@]13CCCC[C@H]1[C@@H](C2)NCC3. The fourth-order valence-corrected chi connectivity index (χ4v) is 11.3. The van der Waals surface area contributed by atoms with E-state index in [4.69, 9.17) is 18.9 Å². The minimum absolute atomic E-state index is 0.0115. The molecule has 2 heterocycles. The van der Waals surface area contributed by atoms with Crippen molar-refractivity contribution >= 4 is 6.16 Å². The van der Waals surface area contributed by atoms with E-state index in [0.717, 1.165) is 50.3 Å². The van der Waals surface area contributed by atoms with Crippen LogP contribution in [0.25, 0.3) is 0 Å². The normalized spacial score (nSPS) is 33.2. The Bertz CT molecular complexity index is 1430. The van der Waals surface area contributed by atoms with Gasteiger partial charge in [-0.05, 0) is 136 Å². The van der Waals surface area contributed by atoms with E-state index in [1.807, 2.05) is 0 Å². The molecule has 6 aliphatic rings. The first-order valence-corrected chi connectivity index (χ1v) is 20.3. The molecule has 2 N–H and O–H groups in total. The van der Waals surface area contributed by atoms with Crippen LogP contribution in [0.15, 0.2) is 36.4 Å². The predicted octanol–water partition coefficient (Wildman–Crippen LogP) is 8.73. The monoisotopic (exact) mass is 684 g/mol. The average Bonchev–Trinajstić information content (AvgIpc) is 3.14. The zero-order chi connectivity index (χ0) is 34.5. The standard InChI is InChI=1S/C43H60N2O5/c1-5-27(3)39(47-31-15-13-29-23-37-33-11-7-9-17-42(33,19-21-44-37)35(29)25-31)49-41(46)50-40(28(4)6-2)48-32-16-14-30-24-38-34-12-8-10-18-43(34,20-22-45-38)36(30)26-32/h13-16,25-28,33-34,37-40,44-45H,5-12,17-24H2,1-4H3/t27?,28?,33-,34-,37+,38+,39?,40?,42+,43+/m0/s1. The fourth-order valence-electron chi connectivity index (χ4n) is 11.3. The summed E-state index contributed by atoms with van der Waals surface area (Å²) in [5, 5.41) is 7.67. The summed E-state index contributed by atoms with van der Waals surface area (Å²) in [7, 11) is 0. The molecule has 0 aromatic heterocycles. The Hall–Kier alpha value is -2.77. The topological polar surface area (TPSA) is 78.1 Å². The highest BCUT2D eigenvalue weighted by Gasteiger charge is 2.53.